The molecule has 0 saturated carbocycles. The average Bonchev–Trinajstić information content (AvgIpc) is 2.62. The van der Waals surface area contributed by atoms with Gasteiger partial charge in [0.15, 0.2) is 5.96 Å². The molecular weight excluding hydrogens is 340 g/mol. The first kappa shape index (κ1) is 20.1. The van der Waals surface area contributed by atoms with Crippen LogP contribution in [0.5, 0.6) is 0 Å². The number of guanidine groups is 1. The SMILES string of the molecule is CCOC(=O)C1CCN(C(=NC)NCC(C)c2ccc(F)cc2F)CC1. The summed E-state index contributed by atoms with van der Waals surface area (Å²) in [6, 6.07) is 3.65. The molecule has 1 aromatic carbocycles. The Morgan fingerprint density at radius 2 is 2.08 bits per heavy atom. The summed E-state index contributed by atoms with van der Waals surface area (Å²) in [5.74, 6) is -0.714. The van der Waals surface area contributed by atoms with Crippen molar-refractivity contribution in [1.29, 1.82) is 0 Å². The first-order valence-corrected chi connectivity index (χ1v) is 9.03. The summed E-state index contributed by atoms with van der Waals surface area (Å²) in [7, 11) is 1.70. The molecule has 144 valence electrons. The Bertz CT molecular complexity index is 644. The first-order chi connectivity index (χ1) is 12.5. The van der Waals surface area contributed by atoms with E-state index >= 15 is 0 Å². The number of carbonyl (C=O) groups is 1. The van der Waals surface area contributed by atoms with E-state index in [9.17, 15) is 13.6 Å². The smallest absolute Gasteiger partial charge is 0.309 e. The zero-order valence-corrected chi connectivity index (χ0v) is 15.6. The molecule has 5 nitrogen and oxygen atoms in total. The lowest BCUT2D eigenvalue weighted by molar-refractivity contribution is -0.149. The van der Waals surface area contributed by atoms with Crippen LogP contribution in [0.2, 0.25) is 0 Å². The van der Waals surface area contributed by atoms with Crippen LogP contribution in [0.25, 0.3) is 0 Å². The molecule has 0 aromatic heterocycles. The van der Waals surface area contributed by atoms with Gasteiger partial charge < -0.3 is 15.0 Å². The normalized spacial score (nSPS) is 17.1. The molecule has 0 spiro atoms. The molecular formula is C19H27F2N3O2. The average molecular weight is 367 g/mol. The number of benzene rings is 1. The van der Waals surface area contributed by atoms with E-state index in [2.05, 4.69) is 15.2 Å². The zero-order chi connectivity index (χ0) is 19.1. The topological polar surface area (TPSA) is 53.9 Å². The molecule has 0 bridgehead atoms. The number of hydrogen-bond donors (Lipinski definition) is 1. The van der Waals surface area contributed by atoms with Crippen molar-refractivity contribution in [3.8, 4) is 0 Å². The third-order valence-corrected chi connectivity index (χ3v) is 4.69. The highest BCUT2D eigenvalue weighted by molar-refractivity contribution is 5.80. The standard InChI is InChI=1S/C19H27F2N3O2/c1-4-26-18(25)14-7-9-24(10-8-14)19(22-3)23-12-13(2)16-6-5-15(20)11-17(16)21/h5-6,11,13-14H,4,7-10,12H2,1-3H3,(H,22,23). The lowest BCUT2D eigenvalue weighted by Crippen LogP contribution is -2.47. The highest BCUT2D eigenvalue weighted by Crippen LogP contribution is 2.21. The van der Waals surface area contributed by atoms with Crippen LogP contribution < -0.4 is 5.32 Å². The van der Waals surface area contributed by atoms with Crippen LogP contribution in [-0.4, -0.2) is 50.1 Å². The maximum atomic E-state index is 13.9. The molecule has 1 aliphatic rings. The minimum absolute atomic E-state index is 0.0588. The Kier molecular flexibility index (Phi) is 7.36. The van der Waals surface area contributed by atoms with Crippen LogP contribution in [-0.2, 0) is 9.53 Å². The van der Waals surface area contributed by atoms with E-state index in [1.165, 1.54) is 12.1 Å². The summed E-state index contributed by atoms with van der Waals surface area (Å²) in [4.78, 5) is 18.2. The summed E-state index contributed by atoms with van der Waals surface area (Å²) in [6.07, 6.45) is 1.45. The number of aliphatic imine (C=N–C) groups is 1. The molecule has 0 aliphatic carbocycles. The fraction of sp³-hybridized carbons (Fsp3) is 0.579. The number of likely N-dealkylation sites (tertiary alicyclic amines) is 1. The molecule has 0 amide bonds. The van der Waals surface area contributed by atoms with Crippen LogP contribution in [0, 0.1) is 17.6 Å². The van der Waals surface area contributed by atoms with Crippen molar-refractivity contribution in [3.05, 3.63) is 35.4 Å². The zero-order valence-electron chi connectivity index (χ0n) is 15.6. The highest BCUT2D eigenvalue weighted by atomic mass is 19.1. The molecule has 0 radical (unpaired) electrons. The minimum Gasteiger partial charge on any atom is -0.466 e. The lowest BCUT2D eigenvalue weighted by atomic mass is 9.97. The highest BCUT2D eigenvalue weighted by Gasteiger charge is 2.27. The van der Waals surface area contributed by atoms with Crippen molar-refractivity contribution in [3.63, 3.8) is 0 Å². The Morgan fingerprint density at radius 3 is 2.65 bits per heavy atom. The van der Waals surface area contributed by atoms with Gasteiger partial charge in [-0.1, -0.05) is 13.0 Å². The van der Waals surface area contributed by atoms with E-state index in [1.54, 1.807) is 7.05 Å². The summed E-state index contributed by atoms with van der Waals surface area (Å²) in [6.45, 7) is 5.99. The van der Waals surface area contributed by atoms with Gasteiger partial charge in [0, 0.05) is 38.7 Å². The minimum atomic E-state index is -0.577. The van der Waals surface area contributed by atoms with Gasteiger partial charge in [0.2, 0.25) is 0 Å². The number of nitrogens with zero attached hydrogens (tertiary/aromatic N) is 2. The van der Waals surface area contributed by atoms with E-state index < -0.39 is 11.6 Å². The number of rotatable bonds is 5. The Hall–Kier alpha value is -2.18. The second-order valence-electron chi connectivity index (χ2n) is 6.51. The number of carbonyl (C=O) groups excluding carboxylic acids is 1. The van der Waals surface area contributed by atoms with E-state index in [-0.39, 0.29) is 17.8 Å². The number of hydrogen-bond acceptors (Lipinski definition) is 3. The van der Waals surface area contributed by atoms with Gasteiger partial charge in [-0.25, -0.2) is 8.78 Å². The van der Waals surface area contributed by atoms with Crippen LogP contribution in [0.15, 0.2) is 23.2 Å². The molecule has 1 fully saturated rings. The van der Waals surface area contributed by atoms with Gasteiger partial charge >= 0.3 is 5.97 Å². The largest absolute Gasteiger partial charge is 0.466 e. The summed E-state index contributed by atoms with van der Waals surface area (Å²) in [5, 5.41) is 3.25. The number of ether oxygens (including phenoxy) is 1. The van der Waals surface area contributed by atoms with Crippen molar-refractivity contribution < 1.29 is 18.3 Å². The molecule has 1 unspecified atom stereocenters. The van der Waals surface area contributed by atoms with Crippen LogP contribution >= 0.6 is 0 Å². The van der Waals surface area contributed by atoms with Crippen LogP contribution in [0.3, 0.4) is 0 Å². The van der Waals surface area contributed by atoms with E-state index in [1.807, 2.05) is 13.8 Å². The second kappa shape index (κ2) is 9.50. The predicted octanol–water partition coefficient (Wildman–Crippen LogP) is 2.92. The second-order valence-corrected chi connectivity index (χ2v) is 6.51. The molecule has 26 heavy (non-hydrogen) atoms. The molecule has 1 aromatic rings. The van der Waals surface area contributed by atoms with E-state index in [0.717, 1.165) is 24.9 Å². The number of nitrogens with one attached hydrogen (secondary N) is 1. The van der Waals surface area contributed by atoms with Crippen molar-refractivity contribution in [1.82, 2.24) is 10.2 Å². The quantitative estimate of drug-likeness (QED) is 0.494. The Balaban J connectivity index is 1.87. The molecule has 1 atom stereocenters. The maximum absolute atomic E-state index is 13.9. The number of halogens is 2. The van der Waals surface area contributed by atoms with Gasteiger partial charge in [-0.3, -0.25) is 9.79 Å². The third-order valence-electron chi connectivity index (χ3n) is 4.69. The molecule has 1 saturated heterocycles. The van der Waals surface area contributed by atoms with Gasteiger partial charge in [-0.15, -0.1) is 0 Å². The van der Waals surface area contributed by atoms with Crippen molar-refractivity contribution in [2.24, 2.45) is 10.9 Å². The Morgan fingerprint density at radius 1 is 1.38 bits per heavy atom. The fourth-order valence-electron chi connectivity index (χ4n) is 3.17. The van der Waals surface area contributed by atoms with Gasteiger partial charge in [0.05, 0.1) is 12.5 Å². The van der Waals surface area contributed by atoms with Crippen molar-refractivity contribution in [2.45, 2.75) is 32.6 Å². The van der Waals surface area contributed by atoms with E-state index in [4.69, 9.17) is 4.74 Å². The Labute approximate surface area is 153 Å². The molecule has 1 aliphatic heterocycles. The van der Waals surface area contributed by atoms with Gasteiger partial charge in [-0.2, -0.15) is 0 Å². The van der Waals surface area contributed by atoms with Gasteiger partial charge in [0.25, 0.3) is 0 Å². The van der Waals surface area contributed by atoms with Crippen LogP contribution in [0.4, 0.5) is 8.78 Å². The summed E-state index contributed by atoms with van der Waals surface area (Å²) >= 11 is 0. The third kappa shape index (κ3) is 5.16. The number of esters is 1. The van der Waals surface area contributed by atoms with Crippen molar-refractivity contribution in [2.75, 3.05) is 33.3 Å². The molecule has 2 rings (SSSR count). The van der Waals surface area contributed by atoms with Gasteiger partial charge in [-0.05, 0) is 31.4 Å². The predicted molar refractivity (Wildman–Crippen MR) is 97.1 cm³/mol. The maximum Gasteiger partial charge on any atom is 0.309 e. The summed E-state index contributed by atoms with van der Waals surface area (Å²) in [5.41, 5.74) is 0.468. The van der Waals surface area contributed by atoms with Crippen molar-refractivity contribution >= 4 is 11.9 Å². The first-order valence-electron chi connectivity index (χ1n) is 9.03. The number of piperidine rings is 1. The van der Waals surface area contributed by atoms with Gasteiger partial charge in [0.1, 0.15) is 11.6 Å². The van der Waals surface area contributed by atoms with E-state index in [0.29, 0.717) is 31.8 Å². The monoisotopic (exact) mass is 367 g/mol. The summed E-state index contributed by atoms with van der Waals surface area (Å²) < 4.78 is 32.0. The lowest BCUT2D eigenvalue weighted by Gasteiger charge is -2.33. The van der Waals surface area contributed by atoms with Crippen LogP contribution in [0.1, 0.15) is 38.2 Å². The molecule has 7 heteroatoms. The molecule has 1 heterocycles. The fourth-order valence-corrected chi connectivity index (χ4v) is 3.17. The molecule has 1 N–H and O–H groups in total.